The van der Waals surface area contributed by atoms with Gasteiger partial charge in [-0.15, -0.1) is 0 Å². The zero-order valence-corrected chi connectivity index (χ0v) is 9.42. The fourth-order valence-electron chi connectivity index (χ4n) is 0.924. The Hall–Kier alpha value is -0.560. The summed E-state index contributed by atoms with van der Waals surface area (Å²) in [5, 5.41) is 0. The molecule has 4 nitrogen and oxygen atoms in total. The number of esters is 1. The number of nitrogens with two attached hydrogens (primary N) is 1. The second-order valence-electron chi connectivity index (χ2n) is 3.01. The molecule has 0 aromatic rings. The quantitative estimate of drug-likeness (QED) is 0.560. The molecule has 0 saturated carbocycles. The van der Waals surface area contributed by atoms with Gasteiger partial charge in [0, 0.05) is 0 Å². The van der Waals surface area contributed by atoms with Crippen LogP contribution in [0.1, 0.15) is 26.7 Å². The molecule has 0 spiro atoms. The van der Waals surface area contributed by atoms with Crippen LogP contribution in [0.3, 0.4) is 0 Å². The van der Waals surface area contributed by atoms with Crippen LogP contribution in [-0.4, -0.2) is 18.6 Å². The summed E-state index contributed by atoms with van der Waals surface area (Å²) in [6, 6.07) is -1.01. The average Bonchev–Trinajstić information content (AvgIpc) is 2.19. The molecule has 0 aromatic carbocycles. The Labute approximate surface area is 85.3 Å². The van der Waals surface area contributed by atoms with Crippen molar-refractivity contribution >= 4 is 13.9 Å². The molecular weight excluding hydrogens is 201 g/mol. The zero-order valence-electron chi connectivity index (χ0n) is 8.53. The Morgan fingerprint density at radius 3 is 2.50 bits per heavy atom. The molecule has 0 saturated heterocycles. The van der Waals surface area contributed by atoms with Gasteiger partial charge in [-0.2, -0.15) is 0 Å². The van der Waals surface area contributed by atoms with Crippen molar-refractivity contribution in [3.63, 3.8) is 0 Å². The van der Waals surface area contributed by atoms with E-state index >= 15 is 0 Å². The molecular formula is C9H16NO3P. The number of hydrogen-bond donors (Lipinski definition) is 1. The van der Waals surface area contributed by atoms with Crippen LogP contribution in [0.5, 0.6) is 0 Å². The van der Waals surface area contributed by atoms with Crippen molar-refractivity contribution in [2.75, 3.05) is 6.61 Å². The van der Waals surface area contributed by atoms with Crippen molar-refractivity contribution < 1.29 is 14.1 Å². The molecule has 0 bridgehead atoms. The SMILES string of the molecule is CCC(CC)COC(=O)[C@@H](N)C#P=O. The normalized spacial score (nSPS) is 12.0. The molecule has 5 heteroatoms. The summed E-state index contributed by atoms with van der Waals surface area (Å²) in [7, 11) is -0.369. The zero-order chi connectivity index (χ0) is 11.0. The van der Waals surface area contributed by atoms with Crippen LogP contribution in [0.15, 0.2) is 0 Å². The predicted molar refractivity (Wildman–Crippen MR) is 54.5 cm³/mol. The summed E-state index contributed by atoms with van der Waals surface area (Å²) < 4.78 is 15.0. The van der Waals surface area contributed by atoms with E-state index in [4.69, 9.17) is 10.5 Å². The Kier molecular flexibility index (Phi) is 7.50. The van der Waals surface area contributed by atoms with Gasteiger partial charge in [0.05, 0.1) is 0 Å². The van der Waals surface area contributed by atoms with Gasteiger partial charge in [-0.3, -0.25) is 0 Å². The van der Waals surface area contributed by atoms with Crippen LogP contribution in [0.4, 0.5) is 0 Å². The van der Waals surface area contributed by atoms with Crippen molar-refractivity contribution in [2.45, 2.75) is 32.7 Å². The minimum absolute atomic E-state index is 0.369. The molecule has 0 aromatic heterocycles. The summed E-state index contributed by atoms with van der Waals surface area (Å²) in [5.41, 5.74) is 7.53. The first kappa shape index (κ1) is 13.4. The summed E-state index contributed by atoms with van der Waals surface area (Å²) in [5.74, 6) is -0.198. The monoisotopic (exact) mass is 217 g/mol. The fraction of sp³-hybridized carbons (Fsp3) is 0.778. The van der Waals surface area contributed by atoms with Gasteiger partial charge >= 0.3 is 84.6 Å². The van der Waals surface area contributed by atoms with E-state index in [1.165, 1.54) is 0 Å². The van der Waals surface area contributed by atoms with E-state index in [9.17, 15) is 9.36 Å². The van der Waals surface area contributed by atoms with E-state index in [2.05, 4.69) is 5.63 Å². The molecule has 80 valence electrons. The first-order chi connectivity index (χ1) is 6.65. The first-order valence-electron chi connectivity index (χ1n) is 4.65. The summed E-state index contributed by atoms with van der Waals surface area (Å²) in [6.07, 6.45) is 1.93. The molecule has 14 heavy (non-hydrogen) atoms. The van der Waals surface area contributed by atoms with Gasteiger partial charge < -0.3 is 0 Å². The Morgan fingerprint density at radius 1 is 1.50 bits per heavy atom. The maximum atomic E-state index is 11.1. The van der Waals surface area contributed by atoms with Gasteiger partial charge in [-0.05, 0) is 0 Å². The molecule has 0 aliphatic rings. The molecule has 0 aliphatic heterocycles. The second kappa shape index (κ2) is 7.81. The van der Waals surface area contributed by atoms with Crippen LogP contribution in [0.25, 0.3) is 0 Å². The molecule has 0 rings (SSSR count). The van der Waals surface area contributed by atoms with Crippen LogP contribution < -0.4 is 5.73 Å². The summed E-state index contributed by atoms with van der Waals surface area (Å²) in [6.45, 7) is 4.45. The molecule has 0 aliphatic carbocycles. The molecule has 2 N–H and O–H groups in total. The molecule has 0 radical (unpaired) electrons. The summed E-state index contributed by atoms with van der Waals surface area (Å²) >= 11 is 0. The van der Waals surface area contributed by atoms with E-state index in [0.717, 1.165) is 12.8 Å². The third-order valence-corrected chi connectivity index (χ3v) is 2.45. The average molecular weight is 217 g/mol. The van der Waals surface area contributed by atoms with E-state index < -0.39 is 12.0 Å². The van der Waals surface area contributed by atoms with Crippen LogP contribution in [0, 0.1) is 11.5 Å². The van der Waals surface area contributed by atoms with E-state index in [-0.39, 0.29) is 7.92 Å². The van der Waals surface area contributed by atoms with Gasteiger partial charge in [0.1, 0.15) is 0 Å². The fourth-order valence-corrected chi connectivity index (χ4v) is 1.14. The maximum absolute atomic E-state index is 11.1. The van der Waals surface area contributed by atoms with Crippen LogP contribution in [-0.2, 0) is 14.1 Å². The van der Waals surface area contributed by atoms with Crippen LogP contribution in [0.2, 0.25) is 0 Å². The Balaban J connectivity index is 3.93. The van der Waals surface area contributed by atoms with Gasteiger partial charge in [-0.25, -0.2) is 0 Å². The van der Waals surface area contributed by atoms with Gasteiger partial charge in [0.2, 0.25) is 0 Å². The van der Waals surface area contributed by atoms with Gasteiger partial charge in [0.25, 0.3) is 0 Å². The van der Waals surface area contributed by atoms with Gasteiger partial charge in [0.15, 0.2) is 0 Å². The van der Waals surface area contributed by atoms with E-state index in [0.29, 0.717) is 12.5 Å². The van der Waals surface area contributed by atoms with Crippen molar-refractivity contribution in [3.8, 4) is 5.63 Å². The second-order valence-corrected chi connectivity index (χ2v) is 3.45. The van der Waals surface area contributed by atoms with Crippen molar-refractivity contribution in [2.24, 2.45) is 11.7 Å². The van der Waals surface area contributed by atoms with Crippen LogP contribution >= 0.6 is 7.92 Å². The summed E-state index contributed by atoms with van der Waals surface area (Å²) in [4.78, 5) is 11.1. The van der Waals surface area contributed by atoms with Crippen molar-refractivity contribution in [1.29, 1.82) is 0 Å². The Bertz CT molecular complexity index is 269. The van der Waals surface area contributed by atoms with E-state index in [1.807, 2.05) is 13.8 Å². The van der Waals surface area contributed by atoms with Gasteiger partial charge in [-0.1, -0.05) is 0 Å². The standard InChI is InChI=1S/C9H16NO3P/c1-3-7(4-2)5-13-9(11)8(10)6-14-12/h7-8H,3-5,10H2,1-2H3/t8-/m0/s1. The third kappa shape index (κ3) is 5.23. The topological polar surface area (TPSA) is 69.4 Å². The molecule has 0 unspecified atom stereocenters. The van der Waals surface area contributed by atoms with E-state index in [1.54, 1.807) is 0 Å². The van der Waals surface area contributed by atoms with Crippen molar-refractivity contribution in [1.82, 2.24) is 0 Å². The first-order valence-corrected chi connectivity index (χ1v) is 5.47. The third-order valence-electron chi connectivity index (χ3n) is 2.06. The molecule has 1 atom stereocenters. The Morgan fingerprint density at radius 2 is 2.07 bits per heavy atom. The minimum atomic E-state index is -1.01. The molecule has 0 amide bonds. The molecule has 0 heterocycles. The number of ether oxygens (including phenoxy) is 1. The van der Waals surface area contributed by atoms with Crippen molar-refractivity contribution in [3.05, 3.63) is 0 Å². The number of carbonyl (C=O) groups is 1. The number of carbonyl (C=O) groups excluding carboxylic acids is 1. The number of hydrogen-bond acceptors (Lipinski definition) is 4. The number of rotatable bonds is 5. The predicted octanol–water partition coefficient (Wildman–Crippen LogP) is 1.54. The molecule has 0 fully saturated rings.